The van der Waals surface area contributed by atoms with Crippen molar-refractivity contribution in [3.05, 3.63) is 53.6 Å². The summed E-state index contributed by atoms with van der Waals surface area (Å²) < 4.78 is 5.30. The van der Waals surface area contributed by atoms with Gasteiger partial charge in [-0.1, -0.05) is 18.6 Å². The number of hydrogen-bond acceptors (Lipinski definition) is 5. The number of benzene rings is 2. The summed E-state index contributed by atoms with van der Waals surface area (Å²) in [5, 5.41) is 6.04. The van der Waals surface area contributed by atoms with Crippen LogP contribution in [0, 0.1) is 0 Å². The molecule has 1 saturated heterocycles. The maximum Gasteiger partial charge on any atom is 0.251 e. The molecule has 1 unspecified atom stereocenters. The van der Waals surface area contributed by atoms with E-state index in [4.69, 9.17) is 4.74 Å². The van der Waals surface area contributed by atoms with Crippen molar-refractivity contribution in [3.63, 3.8) is 0 Å². The van der Waals surface area contributed by atoms with Gasteiger partial charge >= 0.3 is 0 Å². The second kappa shape index (κ2) is 10.2. The number of thioether (sulfide) groups is 1. The van der Waals surface area contributed by atoms with Crippen LogP contribution >= 0.6 is 11.8 Å². The van der Waals surface area contributed by atoms with E-state index in [1.54, 1.807) is 24.9 Å². The number of amides is 2. The van der Waals surface area contributed by atoms with Crippen LogP contribution in [-0.2, 0) is 4.79 Å². The summed E-state index contributed by atoms with van der Waals surface area (Å²) in [6.45, 7) is 2.60. The first-order valence-corrected chi connectivity index (χ1v) is 11.9. The molecule has 2 aliphatic rings. The van der Waals surface area contributed by atoms with E-state index in [0.717, 1.165) is 35.2 Å². The van der Waals surface area contributed by atoms with Crippen molar-refractivity contribution in [3.8, 4) is 5.75 Å². The first kappa shape index (κ1) is 21.7. The van der Waals surface area contributed by atoms with Crippen molar-refractivity contribution in [1.29, 1.82) is 0 Å². The zero-order chi connectivity index (χ0) is 21.6. The molecule has 0 spiro atoms. The van der Waals surface area contributed by atoms with Crippen molar-refractivity contribution in [2.24, 2.45) is 0 Å². The van der Waals surface area contributed by atoms with Crippen molar-refractivity contribution >= 4 is 29.3 Å². The van der Waals surface area contributed by atoms with Gasteiger partial charge in [0.05, 0.1) is 18.8 Å². The number of fused-ring (bicyclic) bond motifs is 1. The second-order valence-corrected chi connectivity index (χ2v) is 9.09. The number of carbonyl (C=O) groups excluding carboxylic acids is 2. The molecule has 0 radical (unpaired) electrons. The van der Waals surface area contributed by atoms with Gasteiger partial charge in [0.15, 0.2) is 0 Å². The fourth-order valence-corrected chi connectivity index (χ4v) is 5.10. The second-order valence-electron chi connectivity index (χ2n) is 7.95. The summed E-state index contributed by atoms with van der Waals surface area (Å²) in [4.78, 5) is 28.3. The molecule has 2 amide bonds. The first-order valence-electron chi connectivity index (χ1n) is 10.9. The number of rotatable bonds is 6. The molecule has 0 bridgehead atoms. The smallest absolute Gasteiger partial charge is 0.251 e. The quantitative estimate of drug-likeness (QED) is 0.710. The molecule has 1 fully saturated rings. The van der Waals surface area contributed by atoms with Gasteiger partial charge < -0.3 is 15.4 Å². The lowest BCUT2D eigenvalue weighted by atomic mass is 10.0. The SMILES string of the molecule is COc1ccc(C(CNC(=O)c2ccc3c(c2)NC(=O)CCS3)N2CCCCC2)cc1. The van der Waals surface area contributed by atoms with Gasteiger partial charge in [-0.25, -0.2) is 0 Å². The molecule has 4 rings (SSSR count). The molecule has 164 valence electrons. The van der Waals surface area contributed by atoms with Crippen molar-refractivity contribution in [2.45, 2.75) is 36.6 Å². The Kier molecular flexibility index (Phi) is 7.14. The average molecular weight is 440 g/mol. The lowest BCUT2D eigenvalue weighted by Gasteiger charge is -2.35. The van der Waals surface area contributed by atoms with Crippen LogP contribution < -0.4 is 15.4 Å². The summed E-state index contributed by atoms with van der Waals surface area (Å²) >= 11 is 1.64. The summed E-state index contributed by atoms with van der Waals surface area (Å²) in [6, 6.07) is 13.8. The minimum atomic E-state index is -0.123. The van der Waals surface area contributed by atoms with Gasteiger partial charge in [-0.3, -0.25) is 14.5 Å². The van der Waals surface area contributed by atoms with Gasteiger partial charge in [-0.2, -0.15) is 0 Å². The Morgan fingerprint density at radius 2 is 1.94 bits per heavy atom. The van der Waals surface area contributed by atoms with E-state index in [1.807, 2.05) is 24.3 Å². The highest BCUT2D eigenvalue weighted by atomic mass is 32.2. The third-order valence-electron chi connectivity index (χ3n) is 5.89. The normalized spacial score (nSPS) is 17.8. The van der Waals surface area contributed by atoms with Crippen LogP contribution in [0.1, 0.15) is 47.6 Å². The fourth-order valence-electron chi connectivity index (χ4n) is 4.17. The third-order valence-corrected chi connectivity index (χ3v) is 6.97. The Labute approximate surface area is 187 Å². The molecule has 2 N–H and O–H groups in total. The van der Waals surface area contributed by atoms with Gasteiger partial charge in [0.1, 0.15) is 5.75 Å². The highest BCUT2D eigenvalue weighted by molar-refractivity contribution is 7.99. The van der Waals surface area contributed by atoms with Crippen molar-refractivity contribution in [1.82, 2.24) is 10.2 Å². The van der Waals surface area contributed by atoms with Crippen LogP contribution in [0.15, 0.2) is 47.4 Å². The van der Waals surface area contributed by atoms with Crippen LogP contribution in [0.5, 0.6) is 5.75 Å². The minimum Gasteiger partial charge on any atom is -0.497 e. The molecule has 0 aliphatic carbocycles. The lowest BCUT2D eigenvalue weighted by Crippen LogP contribution is -2.40. The zero-order valence-corrected chi connectivity index (χ0v) is 18.7. The molecular weight excluding hydrogens is 410 g/mol. The number of nitrogens with one attached hydrogen (secondary N) is 2. The number of carbonyl (C=O) groups is 2. The Morgan fingerprint density at radius 3 is 2.68 bits per heavy atom. The number of ether oxygens (including phenoxy) is 1. The predicted molar refractivity (Wildman–Crippen MR) is 124 cm³/mol. The molecular formula is C24H29N3O3S. The molecule has 0 saturated carbocycles. The number of piperidine rings is 1. The zero-order valence-electron chi connectivity index (χ0n) is 17.9. The molecule has 1 atom stereocenters. The van der Waals surface area contributed by atoms with Gasteiger partial charge in [-0.05, 0) is 61.8 Å². The Morgan fingerprint density at radius 1 is 1.16 bits per heavy atom. The molecule has 2 heterocycles. The molecule has 7 heteroatoms. The first-order chi connectivity index (χ1) is 15.1. The number of nitrogens with zero attached hydrogens (tertiary/aromatic N) is 1. The fraction of sp³-hybridized carbons (Fsp3) is 0.417. The lowest BCUT2D eigenvalue weighted by molar-refractivity contribution is -0.115. The molecule has 31 heavy (non-hydrogen) atoms. The summed E-state index contributed by atoms with van der Waals surface area (Å²) in [7, 11) is 1.67. The van der Waals surface area contributed by atoms with Gasteiger partial charge in [0, 0.05) is 29.2 Å². The predicted octanol–water partition coefficient (Wildman–Crippen LogP) is 4.09. The Bertz CT molecular complexity index is 926. The van der Waals surface area contributed by atoms with Crippen LogP contribution in [0.4, 0.5) is 5.69 Å². The Balaban J connectivity index is 1.48. The minimum absolute atomic E-state index is 0.00604. The van der Waals surface area contributed by atoms with Gasteiger partial charge in [0.25, 0.3) is 5.91 Å². The van der Waals surface area contributed by atoms with E-state index in [-0.39, 0.29) is 17.9 Å². The Hall–Kier alpha value is -2.51. The third kappa shape index (κ3) is 5.40. The highest BCUT2D eigenvalue weighted by Gasteiger charge is 2.23. The van der Waals surface area contributed by atoms with Crippen LogP contribution in [0.25, 0.3) is 0 Å². The van der Waals surface area contributed by atoms with E-state index >= 15 is 0 Å². The van der Waals surface area contributed by atoms with E-state index in [0.29, 0.717) is 18.5 Å². The summed E-state index contributed by atoms with van der Waals surface area (Å²) in [5.74, 6) is 1.45. The van der Waals surface area contributed by atoms with Crippen molar-refractivity contribution in [2.75, 3.05) is 37.8 Å². The molecule has 2 aliphatic heterocycles. The molecule has 2 aromatic rings. The number of hydrogen-bond donors (Lipinski definition) is 2. The van der Waals surface area contributed by atoms with Gasteiger partial charge in [-0.15, -0.1) is 11.8 Å². The van der Waals surface area contributed by atoms with Crippen LogP contribution in [-0.4, -0.2) is 49.2 Å². The maximum atomic E-state index is 12.9. The van der Waals surface area contributed by atoms with E-state index in [2.05, 4.69) is 27.7 Å². The van der Waals surface area contributed by atoms with E-state index in [9.17, 15) is 9.59 Å². The number of anilines is 1. The van der Waals surface area contributed by atoms with Crippen LogP contribution in [0.2, 0.25) is 0 Å². The largest absolute Gasteiger partial charge is 0.497 e. The van der Waals surface area contributed by atoms with Gasteiger partial charge in [0.2, 0.25) is 5.91 Å². The highest BCUT2D eigenvalue weighted by Crippen LogP contribution is 2.31. The van der Waals surface area contributed by atoms with E-state index in [1.165, 1.54) is 24.8 Å². The summed E-state index contributed by atoms with van der Waals surface area (Å²) in [5.41, 5.74) is 2.46. The number of methoxy groups -OCH3 is 1. The maximum absolute atomic E-state index is 12.9. The standard InChI is InChI=1S/C24H29N3O3S/c1-30-19-8-5-17(6-9-19)21(27-12-3-2-4-13-27)16-25-24(29)18-7-10-22-20(15-18)26-23(28)11-14-31-22/h5-10,15,21H,2-4,11-14,16H2,1H3,(H,25,29)(H,26,28). The topological polar surface area (TPSA) is 70.7 Å². The molecule has 2 aromatic carbocycles. The number of likely N-dealkylation sites (tertiary alicyclic amines) is 1. The van der Waals surface area contributed by atoms with Crippen molar-refractivity contribution < 1.29 is 14.3 Å². The monoisotopic (exact) mass is 439 g/mol. The average Bonchev–Trinajstić information content (AvgIpc) is 3.00. The van der Waals surface area contributed by atoms with E-state index < -0.39 is 0 Å². The molecule has 0 aromatic heterocycles. The van der Waals surface area contributed by atoms with Crippen LogP contribution in [0.3, 0.4) is 0 Å². The molecule has 6 nitrogen and oxygen atoms in total. The summed E-state index contributed by atoms with van der Waals surface area (Å²) in [6.07, 6.45) is 4.11.